The summed E-state index contributed by atoms with van der Waals surface area (Å²) in [6.45, 7) is 1.82. The Bertz CT molecular complexity index is 733. The van der Waals surface area contributed by atoms with Crippen molar-refractivity contribution >= 4 is 11.6 Å². The molecule has 1 amide bonds. The number of nitrogens with zero attached hydrogens (tertiary/aromatic N) is 4. The molecule has 3 aromatic rings. The lowest BCUT2D eigenvalue weighted by Gasteiger charge is -2.06. The highest BCUT2D eigenvalue weighted by Crippen LogP contribution is 2.13. The number of imidazole rings is 1. The molecule has 0 aliphatic carbocycles. The lowest BCUT2D eigenvalue weighted by atomic mass is 10.2. The summed E-state index contributed by atoms with van der Waals surface area (Å²) in [5, 5.41) is 2.78. The topological polar surface area (TPSA) is 72.7 Å². The number of aryl methyl sites for hydroxylation is 1. The SMILES string of the molecule is Cc1cnc(C(=O)Nc2ccc(-n3ccnc3)cc2)cn1. The monoisotopic (exact) mass is 279 g/mol. The Morgan fingerprint density at radius 1 is 1.14 bits per heavy atom. The number of carbonyl (C=O) groups excluding carboxylic acids is 1. The van der Waals surface area contributed by atoms with Gasteiger partial charge >= 0.3 is 0 Å². The zero-order valence-electron chi connectivity index (χ0n) is 11.4. The Morgan fingerprint density at radius 3 is 2.57 bits per heavy atom. The van der Waals surface area contributed by atoms with E-state index in [0.29, 0.717) is 11.4 Å². The highest BCUT2D eigenvalue weighted by molar-refractivity contribution is 6.02. The highest BCUT2D eigenvalue weighted by Gasteiger charge is 2.07. The van der Waals surface area contributed by atoms with Gasteiger partial charge in [-0.25, -0.2) is 9.97 Å². The van der Waals surface area contributed by atoms with Crippen LogP contribution in [0.15, 0.2) is 55.4 Å². The maximum Gasteiger partial charge on any atom is 0.275 e. The minimum atomic E-state index is -0.280. The molecule has 6 heteroatoms. The van der Waals surface area contributed by atoms with E-state index in [1.165, 1.54) is 6.20 Å². The fraction of sp³-hybridized carbons (Fsp3) is 0.0667. The van der Waals surface area contributed by atoms with Gasteiger partial charge < -0.3 is 9.88 Å². The molecule has 0 saturated heterocycles. The maximum absolute atomic E-state index is 12.0. The van der Waals surface area contributed by atoms with Crippen LogP contribution < -0.4 is 5.32 Å². The fourth-order valence-corrected chi connectivity index (χ4v) is 1.83. The summed E-state index contributed by atoms with van der Waals surface area (Å²) in [6.07, 6.45) is 8.32. The Kier molecular flexibility index (Phi) is 3.42. The largest absolute Gasteiger partial charge is 0.321 e. The molecule has 2 heterocycles. The second kappa shape index (κ2) is 5.54. The minimum Gasteiger partial charge on any atom is -0.321 e. The number of rotatable bonds is 3. The number of aromatic nitrogens is 4. The predicted molar refractivity (Wildman–Crippen MR) is 78.3 cm³/mol. The lowest BCUT2D eigenvalue weighted by molar-refractivity contribution is 0.102. The van der Waals surface area contributed by atoms with E-state index in [2.05, 4.69) is 20.3 Å². The Morgan fingerprint density at radius 2 is 1.95 bits per heavy atom. The summed E-state index contributed by atoms with van der Waals surface area (Å²) in [5.41, 5.74) is 2.74. The molecule has 2 aromatic heterocycles. The number of amides is 1. The molecule has 0 fully saturated rings. The van der Waals surface area contributed by atoms with Gasteiger partial charge in [0.25, 0.3) is 5.91 Å². The van der Waals surface area contributed by atoms with E-state index in [1.54, 1.807) is 18.7 Å². The molecule has 104 valence electrons. The zero-order valence-corrected chi connectivity index (χ0v) is 11.4. The van der Waals surface area contributed by atoms with Gasteiger partial charge in [-0.2, -0.15) is 0 Å². The van der Waals surface area contributed by atoms with Crippen LogP contribution >= 0.6 is 0 Å². The third kappa shape index (κ3) is 2.94. The molecule has 0 unspecified atom stereocenters. The summed E-state index contributed by atoms with van der Waals surface area (Å²) in [5.74, 6) is -0.280. The molecule has 0 bridgehead atoms. The molecule has 1 N–H and O–H groups in total. The predicted octanol–water partition coefficient (Wildman–Crippen LogP) is 2.22. The van der Waals surface area contributed by atoms with Gasteiger partial charge in [0.1, 0.15) is 5.69 Å². The van der Waals surface area contributed by atoms with E-state index < -0.39 is 0 Å². The van der Waals surface area contributed by atoms with Gasteiger partial charge in [0.15, 0.2) is 0 Å². The summed E-state index contributed by atoms with van der Waals surface area (Å²) >= 11 is 0. The maximum atomic E-state index is 12.0. The lowest BCUT2D eigenvalue weighted by Crippen LogP contribution is -2.14. The van der Waals surface area contributed by atoms with Crippen molar-refractivity contribution in [3.8, 4) is 5.69 Å². The smallest absolute Gasteiger partial charge is 0.275 e. The van der Waals surface area contributed by atoms with E-state index in [-0.39, 0.29) is 5.91 Å². The Hall–Kier alpha value is -3.02. The normalized spacial score (nSPS) is 10.3. The molecule has 0 atom stereocenters. The van der Waals surface area contributed by atoms with Crippen molar-refractivity contribution in [3.63, 3.8) is 0 Å². The second-order valence-corrected chi connectivity index (χ2v) is 4.51. The average Bonchev–Trinajstić information content (AvgIpc) is 3.03. The second-order valence-electron chi connectivity index (χ2n) is 4.51. The summed E-state index contributed by atoms with van der Waals surface area (Å²) < 4.78 is 1.89. The van der Waals surface area contributed by atoms with Crippen LogP contribution in [-0.4, -0.2) is 25.4 Å². The zero-order chi connectivity index (χ0) is 14.7. The van der Waals surface area contributed by atoms with Gasteiger partial charge in [-0.05, 0) is 31.2 Å². The Balaban J connectivity index is 1.73. The first-order valence-electron chi connectivity index (χ1n) is 6.41. The van der Waals surface area contributed by atoms with Crippen LogP contribution in [0.1, 0.15) is 16.2 Å². The molecule has 0 aliphatic rings. The van der Waals surface area contributed by atoms with Gasteiger partial charge in [0.2, 0.25) is 0 Å². The van der Waals surface area contributed by atoms with Crippen LogP contribution in [0.2, 0.25) is 0 Å². The molecular weight excluding hydrogens is 266 g/mol. The van der Waals surface area contributed by atoms with Crippen molar-refractivity contribution in [3.05, 3.63) is 66.8 Å². The van der Waals surface area contributed by atoms with Gasteiger partial charge in [0.05, 0.1) is 18.2 Å². The minimum absolute atomic E-state index is 0.280. The number of carbonyl (C=O) groups is 1. The van der Waals surface area contributed by atoms with Gasteiger partial charge in [-0.15, -0.1) is 0 Å². The van der Waals surface area contributed by atoms with Crippen LogP contribution in [0.4, 0.5) is 5.69 Å². The van der Waals surface area contributed by atoms with Crippen LogP contribution in [0, 0.1) is 6.92 Å². The van der Waals surface area contributed by atoms with E-state index in [9.17, 15) is 4.79 Å². The molecule has 21 heavy (non-hydrogen) atoms. The van der Waals surface area contributed by atoms with Crippen molar-refractivity contribution in [2.24, 2.45) is 0 Å². The summed E-state index contributed by atoms with van der Waals surface area (Å²) in [4.78, 5) is 24.1. The first kappa shape index (κ1) is 13.0. The Labute approximate surface area is 121 Å². The number of hydrogen-bond acceptors (Lipinski definition) is 4. The van der Waals surface area contributed by atoms with Crippen molar-refractivity contribution in [2.75, 3.05) is 5.32 Å². The molecule has 0 spiro atoms. The number of benzene rings is 1. The molecular formula is C15H13N5O. The van der Waals surface area contributed by atoms with E-state index in [0.717, 1.165) is 11.4 Å². The third-order valence-electron chi connectivity index (χ3n) is 2.94. The molecule has 0 saturated carbocycles. The summed E-state index contributed by atoms with van der Waals surface area (Å²) in [7, 11) is 0. The van der Waals surface area contributed by atoms with Crippen LogP contribution in [0.3, 0.4) is 0 Å². The van der Waals surface area contributed by atoms with E-state index in [1.807, 2.05) is 42.0 Å². The quantitative estimate of drug-likeness (QED) is 0.798. The van der Waals surface area contributed by atoms with Crippen molar-refractivity contribution in [1.82, 2.24) is 19.5 Å². The number of anilines is 1. The van der Waals surface area contributed by atoms with Crippen LogP contribution in [0.25, 0.3) is 5.69 Å². The van der Waals surface area contributed by atoms with E-state index in [4.69, 9.17) is 0 Å². The summed E-state index contributed by atoms with van der Waals surface area (Å²) in [6, 6.07) is 7.46. The number of nitrogens with one attached hydrogen (secondary N) is 1. The standard InChI is InChI=1S/C15H13N5O/c1-11-8-18-14(9-17-11)15(21)19-12-2-4-13(5-3-12)20-7-6-16-10-20/h2-10H,1H3,(H,19,21). The van der Waals surface area contributed by atoms with Crippen LogP contribution in [0.5, 0.6) is 0 Å². The van der Waals surface area contributed by atoms with Crippen molar-refractivity contribution in [1.29, 1.82) is 0 Å². The third-order valence-corrected chi connectivity index (χ3v) is 2.94. The van der Waals surface area contributed by atoms with Crippen LogP contribution in [-0.2, 0) is 0 Å². The average molecular weight is 279 g/mol. The van der Waals surface area contributed by atoms with Crippen molar-refractivity contribution in [2.45, 2.75) is 6.92 Å². The molecule has 3 rings (SSSR count). The molecule has 1 aromatic carbocycles. The van der Waals surface area contributed by atoms with Gasteiger partial charge in [-0.3, -0.25) is 9.78 Å². The first-order chi connectivity index (χ1) is 10.2. The van der Waals surface area contributed by atoms with E-state index >= 15 is 0 Å². The molecule has 6 nitrogen and oxygen atoms in total. The fourth-order valence-electron chi connectivity index (χ4n) is 1.83. The number of hydrogen-bond donors (Lipinski definition) is 1. The molecule has 0 aliphatic heterocycles. The first-order valence-corrected chi connectivity index (χ1v) is 6.41. The van der Waals surface area contributed by atoms with Gasteiger partial charge in [-0.1, -0.05) is 0 Å². The highest BCUT2D eigenvalue weighted by atomic mass is 16.1. The van der Waals surface area contributed by atoms with Crippen molar-refractivity contribution < 1.29 is 4.79 Å². The van der Waals surface area contributed by atoms with Gasteiger partial charge in [0, 0.05) is 30.0 Å². The molecule has 0 radical (unpaired) electrons.